The number of aromatic nitrogens is 1. The van der Waals surface area contributed by atoms with E-state index in [4.69, 9.17) is 16.6 Å². The van der Waals surface area contributed by atoms with Crippen molar-refractivity contribution in [3.63, 3.8) is 0 Å². The van der Waals surface area contributed by atoms with Crippen LogP contribution in [0.1, 0.15) is 68.3 Å². The number of nitrogens with one attached hydrogen (secondary N) is 1. The number of fused-ring (bicyclic) bond motifs is 1. The van der Waals surface area contributed by atoms with Crippen molar-refractivity contribution in [3.8, 4) is 0 Å². The fourth-order valence-electron chi connectivity index (χ4n) is 5.18. The smallest absolute Gasteiger partial charge is 0.151 e. The molecule has 0 bridgehead atoms. The van der Waals surface area contributed by atoms with Crippen molar-refractivity contribution in [1.29, 1.82) is 0 Å². The van der Waals surface area contributed by atoms with Crippen molar-refractivity contribution in [1.82, 2.24) is 9.88 Å². The van der Waals surface area contributed by atoms with E-state index in [-0.39, 0.29) is 17.7 Å². The fraction of sp³-hybridized carbons (Fsp3) is 0.519. The number of likely N-dealkylation sites (tertiary alicyclic amines) is 1. The van der Waals surface area contributed by atoms with Crippen LogP contribution in [0, 0.1) is 5.92 Å². The zero-order chi connectivity index (χ0) is 23.2. The lowest BCUT2D eigenvalue weighted by Crippen LogP contribution is -2.41. The van der Waals surface area contributed by atoms with Crippen LogP contribution in [0.3, 0.4) is 0 Å². The molecule has 2 aliphatic heterocycles. The van der Waals surface area contributed by atoms with Crippen molar-refractivity contribution >= 4 is 29.0 Å². The maximum atomic E-state index is 12.8. The van der Waals surface area contributed by atoms with Gasteiger partial charge in [-0.3, -0.25) is 14.5 Å². The van der Waals surface area contributed by atoms with Gasteiger partial charge in [-0.2, -0.15) is 0 Å². The molecule has 1 fully saturated rings. The van der Waals surface area contributed by atoms with Gasteiger partial charge in [0.2, 0.25) is 0 Å². The largest absolute Gasteiger partial charge is 0.370 e. The normalized spacial score (nSPS) is 17.8. The van der Waals surface area contributed by atoms with Crippen LogP contribution >= 0.6 is 11.6 Å². The lowest BCUT2D eigenvalue weighted by atomic mass is 9.88. The van der Waals surface area contributed by atoms with E-state index in [2.05, 4.69) is 22.3 Å². The summed E-state index contributed by atoms with van der Waals surface area (Å²) in [5, 5.41) is 4.03. The Balaban J connectivity index is 1.22. The van der Waals surface area contributed by atoms with Crippen LogP contribution in [0.2, 0.25) is 5.02 Å². The molecule has 1 N–H and O–H groups in total. The molecule has 0 amide bonds. The highest BCUT2D eigenvalue weighted by Crippen LogP contribution is 2.30. The predicted octanol–water partition coefficient (Wildman–Crippen LogP) is 5.42. The average Bonchev–Trinajstić information content (AvgIpc) is 2.82. The van der Waals surface area contributed by atoms with Crippen molar-refractivity contribution in [2.24, 2.45) is 5.92 Å². The second-order valence-corrected chi connectivity index (χ2v) is 9.83. The van der Waals surface area contributed by atoms with Gasteiger partial charge in [-0.15, -0.1) is 0 Å². The number of Topliss-reactive ketones (excluding diaryl/α,β-unsaturated/α-hetero) is 2. The minimum absolute atomic E-state index is 0.110. The minimum atomic E-state index is -0.279. The van der Waals surface area contributed by atoms with Crippen molar-refractivity contribution < 1.29 is 9.59 Å². The molecule has 1 aromatic heterocycles. The van der Waals surface area contributed by atoms with E-state index in [1.54, 1.807) is 6.92 Å². The van der Waals surface area contributed by atoms with Gasteiger partial charge in [-0.05, 0) is 94.3 Å². The summed E-state index contributed by atoms with van der Waals surface area (Å²) < 4.78 is 0. The molecule has 1 aromatic carbocycles. The predicted molar refractivity (Wildman–Crippen MR) is 133 cm³/mol. The maximum Gasteiger partial charge on any atom is 0.151 e. The molecule has 1 unspecified atom stereocenters. The number of carbonyl (C=O) groups excluding carboxylic acids is 2. The standard InChI is InChI=1S/C27H34ClN3O2/c1-19(32)26(22-6-4-8-23(28)18-22)31-16-13-20(14-17-31)25(33)10-3-2-9-24-12-11-21-7-5-15-29-27(21)30-24/h4,6,8,11-12,18,20,26H,2-3,5,7,9-10,13-17H2,1H3,(H,29,30). The van der Waals surface area contributed by atoms with Crippen molar-refractivity contribution in [2.45, 2.75) is 64.3 Å². The summed E-state index contributed by atoms with van der Waals surface area (Å²) in [5.41, 5.74) is 3.36. The van der Waals surface area contributed by atoms with Gasteiger partial charge in [-0.1, -0.05) is 29.8 Å². The molecule has 0 aliphatic carbocycles. The number of piperidine rings is 1. The Morgan fingerprint density at radius 1 is 1.18 bits per heavy atom. The van der Waals surface area contributed by atoms with Crippen molar-refractivity contribution in [2.75, 3.05) is 25.0 Å². The molecule has 0 saturated carbocycles. The molecule has 1 saturated heterocycles. The number of aryl methyl sites for hydroxylation is 2. The first-order valence-electron chi connectivity index (χ1n) is 12.3. The third-order valence-electron chi connectivity index (χ3n) is 6.96. The van der Waals surface area contributed by atoms with E-state index in [1.165, 1.54) is 12.0 Å². The number of anilines is 1. The summed E-state index contributed by atoms with van der Waals surface area (Å²) in [5.74, 6) is 1.65. The van der Waals surface area contributed by atoms with E-state index in [1.807, 2.05) is 24.3 Å². The summed E-state index contributed by atoms with van der Waals surface area (Å²) in [6.45, 7) is 4.16. The number of unbranched alkanes of at least 4 members (excludes halogenated alkanes) is 1. The van der Waals surface area contributed by atoms with Gasteiger partial charge >= 0.3 is 0 Å². The van der Waals surface area contributed by atoms with Crippen LogP contribution in [0.15, 0.2) is 36.4 Å². The van der Waals surface area contributed by atoms with Crippen LogP contribution in [0.4, 0.5) is 5.82 Å². The highest BCUT2D eigenvalue weighted by Gasteiger charge is 2.31. The molecule has 2 aliphatic rings. The SMILES string of the molecule is CC(=O)C(c1cccc(Cl)c1)N1CCC(C(=O)CCCCc2ccc3c(n2)NCCC3)CC1. The zero-order valence-corrected chi connectivity index (χ0v) is 20.2. The number of ketones is 2. The topological polar surface area (TPSA) is 62.3 Å². The molecule has 0 spiro atoms. The summed E-state index contributed by atoms with van der Waals surface area (Å²) in [7, 11) is 0. The van der Waals surface area contributed by atoms with Gasteiger partial charge in [0.05, 0.1) is 6.04 Å². The van der Waals surface area contributed by atoms with E-state index in [9.17, 15) is 9.59 Å². The first-order chi connectivity index (χ1) is 16.0. The van der Waals surface area contributed by atoms with E-state index in [0.717, 1.165) is 75.2 Å². The molecule has 5 nitrogen and oxygen atoms in total. The zero-order valence-electron chi connectivity index (χ0n) is 19.5. The van der Waals surface area contributed by atoms with Gasteiger partial charge in [0, 0.05) is 29.6 Å². The lowest BCUT2D eigenvalue weighted by molar-refractivity contribution is -0.126. The number of rotatable bonds is 9. The van der Waals surface area contributed by atoms with E-state index in [0.29, 0.717) is 17.2 Å². The highest BCUT2D eigenvalue weighted by molar-refractivity contribution is 6.30. The molecule has 4 rings (SSSR count). The molecule has 2 aromatic rings. The summed E-state index contributed by atoms with van der Waals surface area (Å²) in [6.07, 6.45) is 7.36. The Bertz CT molecular complexity index is 985. The first-order valence-corrected chi connectivity index (χ1v) is 12.6. The Labute approximate surface area is 201 Å². The van der Waals surface area contributed by atoms with Gasteiger partial charge in [0.1, 0.15) is 11.6 Å². The van der Waals surface area contributed by atoms with Crippen LogP contribution < -0.4 is 5.32 Å². The number of hydrogen-bond donors (Lipinski definition) is 1. The van der Waals surface area contributed by atoms with E-state index >= 15 is 0 Å². The average molecular weight is 468 g/mol. The molecule has 33 heavy (non-hydrogen) atoms. The summed E-state index contributed by atoms with van der Waals surface area (Å²) >= 11 is 6.15. The molecule has 6 heteroatoms. The Morgan fingerprint density at radius 3 is 2.76 bits per heavy atom. The van der Waals surface area contributed by atoms with Crippen LogP contribution in [-0.4, -0.2) is 41.1 Å². The number of pyridine rings is 1. The van der Waals surface area contributed by atoms with Gasteiger partial charge in [0.25, 0.3) is 0 Å². The number of carbonyl (C=O) groups is 2. The fourth-order valence-corrected chi connectivity index (χ4v) is 5.38. The molecule has 176 valence electrons. The lowest BCUT2D eigenvalue weighted by Gasteiger charge is -2.36. The van der Waals surface area contributed by atoms with Crippen LogP contribution in [0.25, 0.3) is 0 Å². The van der Waals surface area contributed by atoms with Crippen molar-refractivity contribution in [3.05, 3.63) is 58.2 Å². The highest BCUT2D eigenvalue weighted by atomic mass is 35.5. The molecular formula is C27H34ClN3O2. The molecule has 1 atom stereocenters. The molecular weight excluding hydrogens is 434 g/mol. The number of hydrogen-bond acceptors (Lipinski definition) is 5. The Kier molecular flexibility index (Phi) is 8.15. The summed E-state index contributed by atoms with van der Waals surface area (Å²) in [4.78, 5) is 32.1. The van der Waals surface area contributed by atoms with Crippen LogP contribution in [0.5, 0.6) is 0 Å². The maximum absolute atomic E-state index is 12.8. The number of halogens is 1. The quantitative estimate of drug-likeness (QED) is 0.499. The minimum Gasteiger partial charge on any atom is -0.370 e. The first kappa shape index (κ1) is 23.9. The Hall–Kier alpha value is -2.24. The summed E-state index contributed by atoms with van der Waals surface area (Å²) in [6, 6.07) is 11.6. The van der Waals surface area contributed by atoms with Gasteiger partial charge in [-0.25, -0.2) is 4.98 Å². The third kappa shape index (κ3) is 6.21. The molecule has 0 radical (unpaired) electrons. The number of nitrogens with zero attached hydrogens (tertiary/aromatic N) is 2. The third-order valence-corrected chi connectivity index (χ3v) is 7.19. The Morgan fingerprint density at radius 2 is 2.00 bits per heavy atom. The monoisotopic (exact) mass is 467 g/mol. The number of benzene rings is 1. The van der Waals surface area contributed by atoms with Crippen LogP contribution in [-0.2, 0) is 22.4 Å². The van der Waals surface area contributed by atoms with Gasteiger partial charge < -0.3 is 5.32 Å². The molecule has 3 heterocycles. The van der Waals surface area contributed by atoms with E-state index < -0.39 is 0 Å². The van der Waals surface area contributed by atoms with Gasteiger partial charge in [0.15, 0.2) is 5.78 Å². The second-order valence-electron chi connectivity index (χ2n) is 9.39. The second kappa shape index (κ2) is 11.3.